The van der Waals surface area contributed by atoms with Gasteiger partial charge in [0.25, 0.3) is 0 Å². The van der Waals surface area contributed by atoms with Gasteiger partial charge in [-0.3, -0.25) is 0 Å². The molecule has 1 aliphatic heterocycles. The van der Waals surface area contributed by atoms with Crippen LogP contribution >= 0.6 is 0 Å². The minimum Gasteiger partial charge on any atom is -0.486 e. The van der Waals surface area contributed by atoms with Gasteiger partial charge in [-0.05, 0) is 24.6 Å². The third-order valence-corrected chi connectivity index (χ3v) is 3.48. The molecule has 110 valence electrons. The molecule has 0 amide bonds. The number of hydrogen-bond donors (Lipinski definition) is 1. The maximum atomic E-state index is 13.7. The summed E-state index contributed by atoms with van der Waals surface area (Å²) in [7, 11) is 0. The van der Waals surface area contributed by atoms with E-state index >= 15 is 0 Å². The van der Waals surface area contributed by atoms with Crippen molar-refractivity contribution in [3.8, 4) is 11.5 Å². The van der Waals surface area contributed by atoms with Gasteiger partial charge in [0, 0.05) is 17.2 Å². The van der Waals surface area contributed by atoms with Gasteiger partial charge in [0.2, 0.25) is 0 Å². The molecule has 21 heavy (non-hydrogen) atoms. The fourth-order valence-corrected chi connectivity index (χ4v) is 2.45. The minimum absolute atomic E-state index is 0.0145. The minimum atomic E-state index is -0.590. The van der Waals surface area contributed by atoms with Gasteiger partial charge in [-0.15, -0.1) is 0 Å². The Bertz CT molecular complexity index is 640. The second-order valence-electron chi connectivity index (χ2n) is 4.88. The van der Waals surface area contributed by atoms with Crippen LogP contribution in [0, 0.1) is 11.6 Å². The molecule has 0 saturated carbocycles. The molecule has 0 spiro atoms. The van der Waals surface area contributed by atoms with E-state index in [2.05, 4.69) is 0 Å². The van der Waals surface area contributed by atoms with Crippen LogP contribution in [0.4, 0.5) is 8.78 Å². The third kappa shape index (κ3) is 2.69. The maximum absolute atomic E-state index is 13.7. The summed E-state index contributed by atoms with van der Waals surface area (Å²) in [6.07, 6.45) is 0.0539. The Kier molecular flexibility index (Phi) is 3.75. The molecule has 0 bridgehead atoms. The number of halogens is 2. The lowest BCUT2D eigenvalue weighted by Crippen LogP contribution is -2.21. The van der Waals surface area contributed by atoms with Gasteiger partial charge >= 0.3 is 0 Å². The largest absolute Gasteiger partial charge is 0.486 e. The average molecular weight is 291 g/mol. The number of ether oxygens (including phenoxy) is 2. The van der Waals surface area contributed by atoms with Crippen LogP contribution in [0.1, 0.15) is 17.2 Å². The second kappa shape index (κ2) is 5.69. The van der Waals surface area contributed by atoms with E-state index in [0.717, 1.165) is 0 Å². The van der Waals surface area contributed by atoms with Gasteiger partial charge in [0.15, 0.2) is 11.5 Å². The first kappa shape index (κ1) is 13.8. The summed E-state index contributed by atoms with van der Waals surface area (Å²) in [5.74, 6) is -0.00367. The summed E-state index contributed by atoms with van der Waals surface area (Å²) in [4.78, 5) is 0. The highest BCUT2D eigenvalue weighted by molar-refractivity contribution is 5.49. The van der Waals surface area contributed by atoms with Crippen molar-refractivity contribution >= 4 is 0 Å². The molecule has 0 saturated heterocycles. The van der Waals surface area contributed by atoms with E-state index in [1.54, 1.807) is 18.2 Å². The lowest BCUT2D eigenvalue weighted by molar-refractivity contribution is 0.169. The van der Waals surface area contributed by atoms with Crippen LogP contribution in [-0.4, -0.2) is 13.2 Å². The van der Waals surface area contributed by atoms with Crippen molar-refractivity contribution in [2.75, 3.05) is 13.2 Å². The zero-order valence-corrected chi connectivity index (χ0v) is 11.3. The van der Waals surface area contributed by atoms with Crippen LogP contribution in [0.2, 0.25) is 0 Å². The highest BCUT2D eigenvalue weighted by Gasteiger charge is 2.21. The SMILES string of the molecule is NC(Cc1c(F)cccc1F)c1cccc2c1OCCO2. The molecular formula is C16H15F2NO2. The van der Waals surface area contributed by atoms with Crippen LogP contribution in [0.25, 0.3) is 0 Å². The molecule has 1 unspecified atom stereocenters. The van der Waals surface area contributed by atoms with Gasteiger partial charge in [-0.1, -0.05) is 18.2 Å². The highest BCUT2D eigenvalue weighted by atomic mass is 19.1. The molecule has 3 nitrogen and oxygen atoms in total. The topological polar surface area (TPSA) is 44.5 Å². The molecule has 1 aliphatic rings. The van der Waals surface area contributed by atoms with Crippen molar-refractivity contribution in [3.63, 3.8) is 0 Å². The quantitative estimate of drug-likeness (QED) is 0.945. The van der Waals surface area contributed by atoms with Crippen LogP contribution in [0.15, 0.2) is 36.4 Å². The van der Waals surface area contributed by atoms with Crippen molar-refractivity contribution < 1.29 is 18.3 Å². The van der Waals surface area contributed by atoms with E-state index in [1.807, 2.05) is 0 Å². The first-order chi connectivity index (χ1) is 10.2. The fraction of sp³-hybridized carbons (Fsp3) is 0.250. The molecule has 0 fully saturated rings. The van der Waals surface area contributed by atoms with E-state index in [9.17, 15) is 8.78 Å². The van der Waals surface area contributed by atoms with Crippen molar-refractivity contribution in [2.45, 2.75) is 12.5 Å². The predicted octanol–water partition coefficient (Wildman–Crippen LogP) is 2.98. The summed E-state index contributed by atoms with van der Waals surface area (Å²) in [6.45, 7) is 0.915. The monoisotopic (exact) mass is 291 g/mol. The number of para-hydroxylation sites is 1. The Morgan fingerprint density at radius 1 is 1.00 bits per heavy atom. The van der Waals surface area contributed by atoms with Crippen LogP contribution in [0.5, 0.6) is 11.5 Å². The molecule has 2 N–H and O–H groups in total. The summed E-state index contributed by atoms with van der Waals surface area (Å²) < 4.78 is 38.5. The van der Waals surface area contributed by atoms with Gasteiger partial charge in [0.1, 0.15) is 24.8 Å². The summed E-state index contributed by atoms with van der Waals surface area (Å²) in [5, 5.41) is 0. The molecule has 0 aromatic heterocycles. The molecule has 5 heteroatoms. The predicted molar refractivity (Wildman–Crippen MR) is 74.4 cm³/mol. The summed E-state index contributed by atoms with van der Waals surface area (Å²) >= 11 is 0. The van der Waals surface area contributed by atoms with Gasteiger partial charge < -0.3 is 15.2 Å². The molecule has 2 aromatic carbocycles. The second-order valence-corrected chi connectivity index (χ2v) is 4.88. The van der Waals surface area contributed by atoms with Crippen molar-refractivity contribution in [1.82, 2.24) is 0 Å². The smallest absolute Gasteiger partial charge is 0.166 e. The van der Waals surface area contributed by atoms with E-state index in [0.29, 0.717) is 30.3 Å². The first-order valence-corrected chi connectivity index (χ1v) is 6.74. The number of hydrogen-bond acceptors (Lipinski definition) is 3. The Labute approximate surface area is 121 Å². The molecule has 1 atom stereocenters. The van der Waals surface area contributed by atoms with Crippen molar-refractivity contribution in [3.05, 3.63) is 59.2 Å². The van der Waals surface area contributed by atoms with Crippen LogP contribution < -0.4 is 15.2 Å². The van der Waals surface area contributed by atoms with Gasteiger partial charge in [0.05, 0.1) is 0 Å². The number of nitrogens with two attached hydrogens (primary N) is 1. The van der Waals surface area contributed by atoms with Gasteiger partial charge in [-0.25, -0.2) is 8.78 Å². The lowest BCUT2D eigenvalue weighted by atomic mass is 9.97. The Balaban J connectivity index is 1.91. The Morgan fingerprint density at radius 2 is 1.67 bits per heavy atom. The third-order valence-electron chi connectivity index (χ3n) is 3.48. The number of rotatable bonds is 3. The van der Waals surface area contributed by atoms with Crippen molar-refractivity contribution in [1.29, 1.82) is 0 Å². The molecule has 0 aliphatic carbocycles. The summed E-state index contributed by atoms with van der Waals surface area (Å²) in [5.41, 5.74) is 6.80. The van der Waals surface area contributed by atoms with E-state index in [-0.39, 0.29) is 12.0 Å². The van der Waals surface area contributed by atoms with E-state index in [1.165, 1.54) is 18.2 Å². The van der Waals surface area contributed by atoms with Gasteiger partial charge in [-0.2, -0.15) is 0 Å². The molecule has 2 aromatic rings. The molecule has 0 radical (unpaired) electrons. The zero-order valence-electron chi connectivity index (χ0n) is 11.3. The van der Waals surface area contributed by atoms with Crippen molar-refractivity contribution in [2.24, 2.45) is 5.73 Å². The normalized spacial score (nSPS) is 14.8. The number of fused-ring (bicyclic) bond motifs is 1. The fourth-order valence-electron chi connectivity index (χ4n) is 2.45. The lowest BCUT2D eigenvalue weighted by Gasteiger charge is -2.23. The standard InChI is InChI=1S/C16H15F2NO2/c17-12-4-2-5-13(18)11(12)9-14(19)10-3-1-6-15-16(10)21-8-7-20-15/h1-6,14H,7-9,19H2. The summed E-state index contributed by atoms with van der Waals surface area (Å²) in [6, 6.07) is 8.58. The molecular weight excluding hydrogens is 276 g/mol. The molecule has 3 rings (SSSR count). The molecule has 1 heterocycles. The van der Waals surface area contributed by atoms with E-state index in [4.69, 9.17) is 15.2 Å². The highest BCUT2D eigenvalue weighted by Crippen LogP contribution is 2.37. The average Bonchev–Trinajstić information content (AvgIpc) is 2.50. The first-order valence-electron chi connectivity index (χ1n) is 6.74. The van der Waals surface area contributed by atoms with Crippen LogP contribution in [0.3, 0.4) is 0 Å². The Morgan fingerprint density at radius 3 is 2.43 bits per heavy atom. The Hall–Kier alpha value is -2.14. The zero-order chi connectivity index (χ0) is 14.8. The van der Waals surface area contributed by atoms with E-state index < -0.39 is 17.7 Å². The van der Waals surface area contributed by atoms with Crippen LogP contribution in [-0.2, 0) is 6.42 Å². The maximum Gasteiger partial charge on any atom is 0.166 e. The number of benzene rings is 2.